The number of hydrogen-bond donors (Lipinski definition) is 3. The molecule has 0 saturated carbocycles. The summed E-state index contributed by atoms with van der Waals surface area (Å²) in [4.78, 5) is 30.7. The van der Waals surface area contributed by atoms with Gasteiger partial charge in [-0.2, -0.15) is 0 Å². The lowest BCUT2D eigenvalue weighted by atomic mass is 9.97. The van der Waals surface area contributed by atoms with E-state index in [9.17, 15) is 9.59 Å². The van der Waals surface area contributed by atoms with Crippen molar-refractivity contribution in [3.63, 3.8) is 0 Å². The average molecular weight is 390 g/mol. The number of carbonyl (C=O) groups is 2. The Morgan fingerprint density at radius 1 is 1.19 bits per heavy atom. The zero-order valence-corrected chi connectivity index (χ0v) is 16.0. The standard InChI is InChI=1S/C19H23N5O2.ClH/c1-13-4-2-6-15(10-13)23-19(26)24-9-3-5-14(12-24)18(25)22-16-7-8-17(20)21-11-16;/h2,4,6-8,10-11,14H,3,5,9,12H2,1H3,(H2,20,21)(H,22,25)(H,23,26);1H. The smallest absolute Gasteiger partial charge is 0.321 e. The summed E-state index contributed by atoms with van der Waals surface area (Å²) in [6.07, 6.45) is 3.07. The molecule has 1 aliphatic rings. The third-order valence-corrected chi connectivity index (χ3v) is 4.40. The number of likely N-dealkylation sites (tertiary alicyclic amines) is 1. The number of nitrogens with one attached hydrogen (secondary N) is 2. The molecule has 1 atom stereocenters. The van der Waals surface area contributed by atoms with Crippen molar-refractivity contribution in [3.8, 4) is 0 Å². The molecule has 1 aromatic heterocycles. The maximum absolute atomic E-state index is 12.5. The highest BCUT2D eigenvalue weighted by Gasteiger charge is 2.28. The Labute approximate surface area is 164 Å². The van der Waals surface area contributed by atoms with E-state index in [1.807, 2.05) is 31.2 Å². The molecule has 3 rings (SSSR count). The molecule has 0 radical (unpaired) electrons. The maximum atomic E-state index is 12.5. The molecule has 4 N–H and O–H groups in total. The molecule has 8 heteroatoms. The van der Waals surface area contributed by atoms with E-state index >= 15 is 0 Å². The Bertz CT molecular complexity index is 797. The van der Waals surface area contributed by atoms with Gasteiger partial charge in [-0.05, 0) is 49.6 Å². The van der Waals surface area contributed by atoms with Crippen molar-refractivity contribution >= 4 is 41.5 Å². The summed E-state index contributed by atoms with van der Waals surface area (Å²) in [6, 6.07) is 10.8. The fourth-order valence-corrected chi connectivity index (χ4v) is 3.02. The minimum Gasteiger partial charge on any atom is -0.384 e. The summed E-state index contributed by atoms with van der Waals surface area (Å²) in [6.45, 7) is 3.01. The van der Waals surface area contributed by atoms with Gasteiger partial charge < -0.3 is 21.3 Å². The van der Waals surface area contributed by atoms with Crippen LogP contribution in [0.25, 0.3) is 0 Å². The van der Waals surface area contributed by atoms with Crippen molar-refractivity contribution in [2.45, 2.75) is 19.8 Å². The van der Waals surface area contributed by atoms with E-state index in [0.717, 1.165) is 24.1 Å². The Morgan fingerprint density at radius 3 is 2.70 bits per heavy atom. The van der Waals surface area contributed by atoms with Gasteiger partial charge in [-0.15, -0.1) is 12.4 Å². The van der Waals surface area contributed by atoms with Crippen molar-refractivity contribution in [3.05, 3.63) is 48.2 Å². The van der Waals surface area contributed by atoms with Crippen LogP contribution in [0.2, 0.25) is 0 Å². The van der Waals surface area contributed by atoms with E-state index in [1.54, 1.807) is 17.0 Å². The number of benzene rings is 1. The Kier molecular flexibility index (Phi) is 7.01. The van der Waals surface area contributed by atoms with Gasteiger partial charge in [-0.1, -0.05) is 12.1 Å². The van der Waals surface area contributed by atoms with Crippen LogP contribution in [0.4, 0.5) is 22.0 Å². The first-order valence-corrected chi connectivity index (χ1v) is 8.66. The monoisotopic (exact) mass is 389 g/mol. The van der Waals surface area contributed by atoms with Crippen LogP contribution in [0, 0.1) is 12.8 Å². The first-order chi connectivity index (χ1) is 12.5. The molecule has 1 saturated heterocycles. The summed E-state index contributed by atoms with van der Waals surface area (Å²) in [5.41, 5.74) is 7.99. The SMILES string of the molecule is Cc1cccc(NC(=O)N2CCCC(C(=O)Nc3ccc(N)nc3)C2)c1.Cl. The normalized spacial score (nSPS) is 16.2. The van der Waals surface area contributed by atoms with E-state index < -0.39 is 0 Å². The molecule has 2 heterocycles. The van der Waals surface area contributed by atoms with Gasteiger partial charge in [0.25, 0.3) is 0 Å². The van der Waals surface area contributed by atoms with Gasteiger partial charge in [-0.3, -0.25) is 4.79 Å². The molecular weight excluding hydrogens is 366 g/mol. The van der Waals surface area contributed by atoms with Crippen LogP contribution in [-0.2, 0) is 4.79 Å². The van der Waals surface area contributed by atoms with Crippen molar-refractivity contribution < 1.29 is 9.59 Å². The highest BCUT2D eigenvalue weighted by atomic mass is 35.5. The van der Waals surface area contributed by atoms with Gasteiger partial charge in [0.2, 0.25) is 5.91 Å². The number of urea groups is 1. The van der Waals surface area contributed by atoms with E-state index in [0.29, 0.717) is 24.6 Å². The van der Waals surface area contributed by atoms with E-state index in [1.165, 1.54) is 6.20 Å². The number of nitrogens with zero attached hydrogens (tertiary/aromatic N) is 2. The topological polar surface area (TPSA) is 100 Å². The molecule has 1 aromatic carbocycles. The van der Waals surface area contributed by atoms with Crippen LogP contribution in [-0.4, -0.2) is 34.9 Å². The van der Waals surface area contributed by atoms with Crippen LogP contribution in [0.1, 0.15) is 18.4 Å². The van der Waals surface area contributed by atoms with Crippen LogP contribution < -0.4 is 16.4 Å². The first kappa shape index (κ1) is 20.5. The van der Waals surface area contributed by atoms with Gasteiger partial charge in [-0.25, -0.2) is 9.78 Å². The second-order valence-electron chi connectivity index (χ2n) is 6.55. The number of hydrogen-bond acceptors (Lipinski definition) is 4. The minimum absolute atomic E-state index is 0. The lowest BCUT2D eigenvalue weighted by Crippen LogP contribution is -2.45. The zero-order valence-electron chi connectivity index (χ0n) is 15.1. The van der Waals surface area contributed by atoms with Crippen LogP contribution >= 0.6 is 12.4 Å². The third-order valence-electron chi connectivity index (χ3n) is 4.40. The van der Waals surface area contributed by atoms with Crippen LogP contribution in [0.3, 0.4) is 0 Å². The van der Waals surface area contributed by atoms with E-state index in [2.05, 4.69) is 15.6 Å². The quantitative estimate of drug-likeness (QED) is 0.749. The number of pyridine rings is 1. The van der Waals surface area contributed by atoms with Gasteiger partial charge in [0.05, 0.1) is 17.8 Å². The summed E-state index contributed by atoms with van der Waals surface area (Å²) in [5, 5.41) is 5.74. The fourth-order valence-electron chi connectivity index (χ4n) is 3.02. The fraction of sp³-hybridized carbons (Fsp3) is 0.316. The molecule has 7 nitrogen and oxygen atoms in total. The van der Waals surface area contributed by atoms with E-state index in [4.69, 9.17) is 5.73 Å². The summed E-state index contributed by atoms with van der Waals surface area (Å²) in [7, 11) is 0. The number of aryl methyl sites for hydroxylation is 1. The van der Waals surface area contributed by atoms with Gasteiger partial charge in [0, 0.05) is 18.8 Å². The number of amides is 3. The van der Waals surface area contributed by atoms with Crippen molar-refractivity contribution in [1.29, 1.82) is 0 Å². The minimum atomic E-state index is -0.246. The highest BCUT2D eigenvalue weighted by Crippen LogP contribution is 2.20. The summed E-state index contributed by atoms with van der Waals surface area (Å²) in [5.74, 6) is 0.0499. The van der Waals surface area contributed by atoms with Crippen LogP contribution in [0.15, 0.2) is 42.6 Å². The molecule has 0 spiro atoms. The molecule has 1 fully saturated rings. The third kappa shape index (κ3) is 5.59. The number of nitrogen functional groups attached to an aromatic ring is 1. The Balaban J connectivity index is 0.00000261. The van der Waals surface area contributed by atoms with Gasteiger partial charge in [0.15, 0.2) is 0 Å². The van der Waals surface area contributed by atoms with Crippen molar-refractivity contribution in [2.75, 3.05) is 29.5 Å². The summed E-state index contributed by atoms with van der Waals surface area (Å²) >= 11 is 0. The Morgan fingerprint density at radius 2 is 2.00 bits per heavy atom. The molecule has 0 aliphatic carbocycles. The largest absolute Gasteiger partial charge is 0.384 e. The van der Waals surface area contributed by atoms with Crippen molar-refractivity contribution in [1.82, 2.24) is 9.88 Å². The average Bonchev–Trinajstić information content (AvgIpc) is 2.64. The van der Waals surface area contributed by atoms with Crippen molar-refractivity contribution in [2.24, 2.45) is 5.92 Å². The van der Waals surface area contributed by atoms with Gasteiger partial charge >= 0.3 is 6.03 Å². The molecule has 144 valence electrons. The van der Waals surface area contributed by atoms with Gasteiger partial charge in [0.1, 0.15) is 5.82 Å². The molecule has 27 heavy (non-hydrogen) atoms. The second-order valence-corrected chi connectivity index (χ2v) is 6.55. The predicted octanol–water partition coefficient (Wildman–Crippen LogP) is 3.28. The molecular formula is C19H24ClN5O2. The lowest BCUT2D eigenvalue weighted by molar-refractivity contribution is -0.121. The molecule has 1 unspecified atom stereocenters. The lowest BCUT2D eigenvalue weighted by Gasteiger charge is -2.32. The second kappa shape index (κ2) is 9.23. The predicted molar refractivity (Wildman–Crippen MR) is 109 cm³/mol. The number of aromatic nitrogens is 1. The Hall–Kier alpha value is -2.80. The number of anilines is 3. The van der Waals surface area contributed by atoms with E-state index in [-0.39, 0.29) is 30.3 Å². The number of rotatable bonds is 3. The molecule has 3 amide bonds. The summed E-state index contributed by atoms with van der Waals surface area (Å²) < 4.78 is 0. The number of carbonyl (C=O) groups excluding carboxylic acids is 2. The number of nitrogens with two attached hydrogens (primary N) is 1. The number of halogens is 1. The zero-order chi connectivity index (χ0) is 18.5. The number of piperidine rings is 1. The maximum Gasteiger partial charge on any atom is 0.321 e. The molecule has 2 aromatic rings. The highest BCUT2D eigenvalue weighted by molar-refractivity contribution is 5.94. The first-order valence-electron chi connectivity index (χ1n) is 8.66. The van der Waals surface area contributed by atoms with Crippen LogP contribution in [0.5, 0.6) is 0 Å². The molecule has 1 aliphatic heterocycles. The molecule has 0 bridgehead atoms.